The Balaban J connectivity index is 1.44. The fourth-order valence-corrected chi connectivity index (χ4v) is 3.61. The highest BCUT2D eigenvalue weighted by Crippen LogP contribution is 2.28. The van der Waals surface area contributed by atoms with Crippen molar-refractivity contribution in [1.29, 1.82) is 0 Å². The number of anilines is 3. The highest BCUT2D eigenvalue weighted by Gasteiger charge is 2.13. The van der Waals surface area contributed by atoms with Crippen LogP contribution in [0.15, 0.2) is 54.7 Å². The summed E-state index contributed by atoms with van der Waals surface area (Å²) in [5, 5.41) is 13.9. The van der Waals surface area contributed by atoms with Crippen LogP contribution in [0.2, 0.25) is 0 Å². The smallest absolute Gasteiger partial charge is 0.162 e. The summed E-state index contributed by atoms with van der Waals surface area (Å²) in [5.41, 5.74) is 4.64. The Kier molecular flexibility index (Phi) is 4.90. The predicted molar refractivity (Wildman–Crippen MR) is 118 cm³/mol. The summed E-state index contributed by atoms with van der Waals surface area (Å²) in [6.07, 6.45) is 1.71. The lowest BCUT2D eigenvalue weighted by Crippen LogP contribution is -2.43. The van der Waals surface area contributed by atoms with Gasteiger partial charge in [-0.05, 0) is 48.5 Å². The summed E-state index contributed by atoms with van der Waals surface area (Å²) in [7, 11) is 1.65. The Hall–Kier alpha value is -3.65. The van der Waals surface area contributed by atoms with E-state index in [1.165, 1.54) is 5.69 Å². The largest absolute Gasteiger partial charge is 0.497 e. The van der Waals surface area contributed by atoms with Crippen molar-refractivity contribution in [3.05, 3.63) is 54.7 Å². The maximum atomic E-state index is 5.24. The first-order valence-corrected chi connectivity index (χ1v) is 9.98. The van der Waals surface area contributed by atoms with E-state index >= 15 is 0 Å². The average Bonchev–Trinajstić information content (AvgIpc) is 3.29. The second-order valence-corrected chi connectivity index (χ2v) is 7.16. The normalized spacial score (nSPS) is 14.1. The van der Waals surface area contributed by atoms with Crippen LogP contribution in [0.5, 0.6) is 5.75 Å². The van der Waals surface area contributed by atoms with Crippen LogP contribution in [0.4, 0.5) is 17.2 Å². The van der Waals surface area contributed by atoms with Gasteiger partial charge in [0.05, 0.1) is 13.3 Å². The molecular weight excluding hydrogens is 378 g/mol. The van der Waals surface area contributed by atoms with Gasteiger partial charge in [-0.1, -0.05) is 0 Å². The number of hydrogen-bond donors (Lipinski definition) is 3. The van der Waals surface area contributed by atoms with E-state index in [4.69, 9.17) is 9.72 Å². The summed E-state index contributed by atoms with van der Waals surface area (Å²) in [5.74, 6) is 2.12. The maximum Gasteiger partial charge on any atom is 0.162 e. The molecular formula is C22H23N7O. The Bertz CT molecular complexity index is 1130. The Morgan fingerprint density at radius 3 is 2.47 bits per heavy atom. The first kappa shape index (κ1) is 18.4. The van der Waals surface area contributed by atoms with Crippen molar-refractivity contribution in [3.8, 4) is 17.1 Å². The number of ether oxygens (including phenoxy) is 1. The molecule has 2 aromatic heterocycles. The van der Waals surface area contributed by atoms with Gasteiger partial charge in [-0.25, -0.2) is 9.97 Å². The highest BCUT2D eigenvalue weighted by atomic mass is 16.5. The third-order valence-corrected chi connectivity index (χ3v) is 5.26. The quantitative estimate of drug-likeness (QED) is 0.473. The molecule has 4 aromatic rings. The van der Waals surface area contributed by atoms with Gasteiger partial charge >= 0.3 is 0 Å². The Morgan fingerprint density at radius 1 is 0.967 bits per heavy atom. The first-order valence-electron chi connectivity index (χ1n) is 9.98. The molecule has 0 atom stereocenters. The van der Waals surface area contributed by atoms with E-state index in [1.807, 2.05) is 24.3 Å². The highest BCUT2D eigenvalue weighted by molar-refractivity contribution is 5.88. The minimum absolute atomic E-state index is 0.631. The molecule has 3 N–H and O–H groups in total. The molecule has 0 spiro atoms. The van der Waals surface area contributed by atoms with Gasteiger partial charge in [0.15, 0.2) is 11.6 Å². The van der Waals surface area contributed by atoms with Crippen LogP contribution in [0.3, 0.4) is 0 Å². The van der Waals surface area contributed by atoms with Gasteiger partial charge in [-0.3, -0.25) is 5.10 Å². The molecule has 5 rings (SSSR count). The van der Waals surface area contributed by atoms with Crippen LogP contribution in [0, 0.1) is 0 Å². The molecule has 0 amide bonds. The fourth-order valence-electron chi connectivity index (χ4n) is 3.61. The van der Waals surface area contributed by atoms with Gasteiger partial charge in [-0.15, -0.1) is 0 Å². The van der Waals surface area contributed by atoms with Crippen molar-refractivity contribution < 1.29 is 4.74 Å². The molecule has 1 aliphatic heterocycles. The molecule has 0 aliphatic carbocycles. The molecule has 8 nitrogen and oxygen atoms in total. The van der Waals surface area contributed by atoms with Crippen molar-refractivity contribution in [1.82, 2.24) is 25.5 Å². The van der Waals surface area contributed by atoms with Gasteiger partial charge < -0.3 is 20.3 Å². The van der Waals surface area contributed by atoms with Crippen molar-refractivity contribution in [2.75, 3.05) is 43.5 Å². The van der Waals surface area contributed by atoms with E-state index in [9.17, 15) is 0 Å². The van der Waals surface area contributed by atoms with E-state index in [2.05, 4.69) is 55.0 Å². The van der Waals surface area contributed by atoms with Crippen LogP contribution in [0.25, 0.3) is 22.4 Å². The molecule has 1 fully saturated rings. The van der Waals surface area contributed by atoms with Crippen molar-refractivity contribution in [3.63, 3.8) is 0 Å². The summed E-state index contributed by atoms with van der Waals surface area (Å²) in [4.78, 5) is 11.8. The molecule has 0 bridgehead atoms. The van der Waals surface area contributed by atoms with E-state index in [-0.39, 0.29) is 0 Å². The van der Waals surface area contributed by atoms with Gasteiger partial charge in [0, 0.05) is 43.1 Å². The molecule has 3 heterocycles. The second kappa shape index (κ2) is 8.00. The lowest BCUT2D eigenvalue weighted by molar-refractivity contribution is 0.415. The number of hydrogen-bond acceptors (Lipinski definition) is 7. The number of H-pyrrole nitrogens is 1. The standard InChI is InChI=1S/C22H23N7O/c1-30-18-8-2-15(3-9-18)21-26-19-14-24-28-20(19)22(27-21)25-16-4-6-17(7-5-16)29-12-10-23-11-13-29/h2-9,14,23H,10-13H2,1H3,(H,24,28)(H,25,26,27). The third kappa shape index (κ3) is 3.65. The minimum atomic E-state index is 0.631. The van der Waals surface area contributed by atoms with Gasteiger partial charge in [0.2, 0.25) is 0 Å². The number of aromatic amines is 1. The van der Waals surface area contributed by atoms with Crippen molar-refractivity contribution in [2.45, 2.75) is 0 Å². The number of piperazine rings is 1. The van der Waals surface area contributed by atoms with Gasteiger partial charge in [-0.2, -0.15) is 5.10 Å². The zero-order valence-electron chi connectivity index (χ0n) is 16.7. The fraction of sp³-hybridized carbons (Fsp3) is 0.227. The minimum Gasteiger partial charge on any atom is -0.497 e. The number of nitrogens with one attached hydrogen (secondary N) is 3. The van der Waals surface area contributed by atoms with Gasteiger partial charge in [0.1, 0.15) is 16.8 Å². The first-order chi connectivity index (χ1) is 14.8. The summed E-state index contributed by atoms with van der Waals surface area (Å²) < 4.78 is 5.24. The van der Waals surface area contributed by atoms with Crippen LogP contribution in [0.1, 0.15) is 0 Å². The second-order valence-electron chi connectivity index (χ2n) is 7.16. The molecule has 1 saturated heterocycles. The molecule has 0 saturated carbocycles. The lowest BCUT2D eigenvalue weighted by atomic mass is 10.2. The molecule has 2 aromatic carbocycles. The SMILES string of the molecule is COc1ccc(-c2nc(Nc3ccc(N4CCNCC4)cc3)c3[nH]ncc3n2)cc1. The molecule has 0 radical (unpaired) electrons. The summed E-state index contributed by atoms with van der Waals surface area (Å²) >= 11 is 0. The summed E-state index contributed by atoms with van der Waals surface area (Å²) in [6, 6.07) is 16.1. The molecule has 30 heavy (non-hydrogen) atoms. The number of benzene rings is 2. The zero-order chi connectivity index (χ0) is 20.3. The number of fused-ring (bicyclic) bond motifs is 1. The molecule has 8 heteroatoms. The van der Waals surface area contributed by atoms with E-state index in [1.54, 1.807) is 13.3 Å². The third-order valence-electron chi connectivity index (χ3n) is 5.26. The topological polar surface area (TPSA) is 91.0 Å². The van der Waals surface area contributed by atoms with E-state index in [0.717, 1.165) is 54.2 Å². The number of aromatic nitrogens is 4. The van der Waals surface area contributed by atoms with Crippen LogP contribution in [-0.4, -0.2) is 53.5 Å². The Labute approximate surface area is 174 Å². The number of methoxy groups -OCH3 is 1. The predicted octanol–water partition coefficient (Wildman–Crippen LogP) is 3.18. The average molecular weight is 401 g/mol. The van der Waals surface area contributed by atoms with Crippen LogP contribution in [-0.2, 0) is 0 Å². The Morgan fingerprint density at radius 2 is 1.73 bits per heavy atom. The van der Waals surface area contributed by atoms with E-state index in [0.29, 0.717) is 11.6 Å². The lowest BCUT2D eigenvalue weighted by Gasteiger charge is -2.29. The number of nitrogens with zero attached hydrogens (tertiary/aromatic N) is 4. The molecule has 152 valence electrons. The van der Waals surface area contributed by atoms with Crippen LogP contribution >= 0.6 is 0 Å². The zero-order valence-corrected chi connectivity index (χ0v) is 16.7. The molecule has 0 unspecified atom stereocenters. The van der Waals surface area contributed by atoms with Crippen molar-refractivity contribution >= 4 is 28.2 Å². The molecule has 1 aliphatic rings. The van der Waals surface area contributed by atoms with Crippen molar-refractivity contribution in [2.24, 2.45) is 0 Å². The number of rotatable bonds is 5. The summed E-state index contributed by atoms with van der Waals surface area (Å²) in [6.45, 7) is 4.09. The maximum absolute atomic E-state index is 5.24. The van der Waals surface area contributed by atoms with Gasteiger partial charge in [0.25, 0.3) is 0 Å². The van der Waals surface area contributed by atoms with E-state index < -0.39 is 0 Å². The van der Waals surface area contributed by atoms with Crippen LogP contribution < -0.4 is 20.3 Å². The monoisotopic (exact) mass is 401 g/mol.